The molecule has 0 N–H and O–H groups in total. The number of carbonyl (C=O) groups is 1. The zero-order valence-corrected chi connectivity index (χ0v) is 23.0. The molecule has 0 saturated heterocycles. The molecule has 4 atom stereocenters. The summed E-state index contributed by atoms with van der Waals surface area (Å²) in [5, 5.41) is 1.36. The third-order valence-electron chi connectivity index (χ3n) is 7.15. The third-order valence-corrected chi connectivity index (χ3v) is 9.72. The second kappa shape index (κ2) is 12.5. The fraction of sp³-hybridized carbons (Fsp3) is 0.387. The lowest BCUT2D eigenvalue weighted by molar-refractivity contribution is -0.145. The summed E-state index contributed by atoms with van der Waals surface area (Å²) in [5.74, 6) is -0.0487. The number of ether oxygens (including phenoxy) is 1. The molecule has 5 heteroatoms. The lowest BCUT2D eigenvalue weighted by atomic mass is 9.64. The number of carbonyl (C=O) groups excluding carboxylic acids is 1. The molecule has 0 amide bonds. The average Bonchev–Trinajstić information content (AvgIpc) is 2.93. The Morgan fingerprint density at radius 1 is 0.806 bits per heavy atom. The highest BCUT2D eigenvalue weighted by Crippen LogP contribution is 2.47. The lowest BCUT2D eigenvalue weighted by Crippen LogP contribution is -2.34. The topological polar surface area (TPSA) is 52.6 Å². The molecule has 3 aromatic rings. The highest BCUT2D eigenvalue weighted by atomic mass is 31.2. The molecule has 4 unspecified atom stereocenters. The standard InChI is InChI=1S/C31H39O4P/c1-6-24(3)22-31(23-25(4)30(32)34-5,26-14-10-8-11-15-26)27-18-20-29(21-19-27)36(33,35-7-2)28-16-12-9-13-17-28/h8-21,24-25H,6-7,22-23H2,1-5H3. The highest BCUT2D eigenvalue weighted by molar-refractivity contribution is 7.74. The van der Waals surface area contributed by atoms with Crippen LogP contribution in [-0.4, -0.2) is 19.7 Å². The van der Waals surface area contributed by atoms with E-state index in [1.165, 1.54) is 12.7 Å². The Morgan fingerprint density at radius 3 is 1.86 bits per heavy atom. The molecular weight excluding hydrogens is 467 g/mol. The Labute approximate surface area is 216 Å². The van der Waals surface area contributed by atoms with Crippen LogP contribution in [-0.2, 0) is 24.0 Å². The zero-order chi connectivity index (χ0) is 26.2. The third kappa shape index (κ3) is 5.99. The van der Waals surface area contributed by atoms with Crippen LogP contribution in [0.1, 0.15) is 58.1 Å². The van der Waals surface area contributed by atoms with Gasteiger partial charge in [0.25, 0.3) is 7.37 Å². The minimum Gasteiger partial charge on any atom is -0.469 e. The molecule has 0 radical (unpaired) electrons. The first kappa shape index (κ1) is 27.9. The quantitative estimate of drug-likeness (QED) is 0.199. The van der Waals surface area contributed by atoms with Crippen molar-refractivity contribution >= 4 is 23.9 Å². The van der Waals surface area contributed by atoms with E-state index in [4.69, 9.17) is 9.26 Å². The van der Waals surface area contributed by atoms with Crippen LogP contribution in [0.15, 0.2) is 84.9 Å². The molecule has 192 valence electrons. The average molecular weight is 507 g/mol. The van der Waals surface area contributed by atoms with Gasteiger partial charge >= 0.3 is 5.97 Å². The number of hydrogen-bond donors (Lipinski definition) is 0. The molecule has 36 heavy (non-hydrogen) atoms. The molecule has 0 heterocycles. The first-order valence-corrected chi connectivity index (χ1v) is 14.5. The van der Waals surface area contributed by atoms with E-state index in [2.05, 4.69) is 50.2 Å². The van der Waals surface area contributed by atoms with Gasteiger partial charge in [0, 0.05) is 16.0 Å². The predicted octanol–water partition coefficient (Wildman–Crippen LogP) is 6.87. The lowest BCUT2D eigenvalue weighted by Gasteiger charge is -2.39. The second-order valence-corrected chi connectivity index (χ2v) is 12.0. The van der Waals surface area contributed by atoms with Gasteiger partial charge in [-0.25, -0.2) is 0 Å². The first-order valence-electron chi connectivity index (χ1n) is 12.8. The molecule has 0 bridgehead atoms. The van der Waals surface area contributed by atoms with Crippen LogP contribution in [0.3, 0.4) is 0 Å². The van der Waals surface area contributed by atoms with Gasteiger partial charge in [-0.2, -0.15) is 0 Å². The van der Waals surface area contributed by atoms with Crippen LogP contribution in [0.5, 0.6) is 0 Å². The number of esters is 1. The molecule has 4 nitrogen and oxygen atoms in total. The van der Waals surface area contributed by atoms with Gasteiger partial charge < -0.3 is 9.26 Å². The van der Waals surface area contributed by atoms with Crippen molar-refractivity contribution < 1.29 is 18.6 Å². The van der Waals surface area contributed by atoms with Gasteiger partial charge in [-0.1, -0.05) is 87.9 Å². The van der Waals surface area contributed by atoms with E-state index in [1.54, 1.807) is 0 Å². The van der Waals surface area contributed by atoms with E-state index in [-0.39, 0.29) is 11.9 Å². The zero-order valence-electron chi connectivity index (χ0n) is 22.1. The van der Waals surface area contributed by atoms with Crippen molar-refractivity contribution in [2.75, 3.05) is 13.7 Å². The van der Waals surface area contributed by atoms with E-state index in [9.17, 15) is 9.36 Å². The molecule has 0 aliphatic rings. The van der Waals surface area contributed by atoms with Crippen LogP contribution in [0.2, 0.25) is 0 Å². The maximum Gasteiger partial charge on any atom is 0.308 e. The van der Waals surface area contributed by atoms with Crippen molar-refractivity contribution in [3.05, 3.63) is 96.1 Å². The smallest absolute Gasteiger partial charge is 0.308 e. The Bertz CT molecular complexity index is 1140. The van der Waals surface area contributed by atoms with E-state index in [0.717, 1.165) is 18.4 Å². The van der Waals surface area contributed by atoms with Crippen molar-refractivity contribution in [3.63, 3.8) is 0 Å². The molecule has 0 saturated carbocycles. The maximum absolute atomic E-state index is 14.1. The SMILES string of the molecule is CCOP(=O)(c1ccccc1)c1ccc(C(CC(C)CC)(CC(C)C(=O)OC)c2ccccc2)cc1. The van der Waals surface area contributed by atoms with Crippen LogP contribution >= 0.6 is 7.37 Å². The summed E-state index contributed by atoms with van der Waals surface area (Å²) >= 11 is 0. The van der Waals surface area contributed by atoms with Crippen LogP contribution in [0.25, 0.3) is 0 Å². The van der Waals surface area contributed by atoms with Crippen molar-refractivity contribution in [1.29, 1.82) is 0 Å². The Kier molecular flexibility index (Phi) is 9.70. The minimum absolute atomic E-state index is 0.207. The van der Waals surface area contributed by atoms with Gasteiger partial charge in [-0.15, -0.1) is 0 Å². The summed E-state index contributed by atoms with van der Waals surface area (Å²) in [4.78, 5) is 12.5. The molecule has 0 aliphatic carbocycles. The molecule has 0 fully saturated rings. The fourth-order valence-corrected chi connectivity index (χ4v) is 7.17. The van der Waals surface area contributed by atoms with E-state index in [0.29, 0.717) is 29.6 Å². The number of benzene rings is 3. The number of hydrogen-bond acceptors (Lipinski definition) is 4. The van der Waals surface area contributed by atoms with Crippen LogP contribution in [0.4, 0.5) is 0 Å². The van der Waals surface area contributed by atoms with Crippen LogP contribution < -0.4 is 10.6 Å². The Hall–Kier alpha value is -2.68. The van der Waals surface area contributed by atoms with Gasteiger partial charge in [0.2, 0.25) is 0 Å². The van der Waals surface area contributed by atoms with Gasteiger partial charge in [-0.05, 0) is 61.1 Å². The van der Waals surface area contributed by atoms with Crippen molar-refractivity contribution in [3.8, 4) is 0 Å². The molecule has 0 aromatic heterocycles. The summed E-state index contributed by atoms with van der Waals surface area (Å²) < 4.78 is 25.1. The molecule has 0 spiro atoms. The molecular formula is C31H39O4P. The fourth-order valence-electron chi connectivity index (χ4n) is 5.11. The van der Waals surface area contributed by atoms with Gasteiger partial charge in [0.15, 0.2) is 0 Å². The largest absolute Gasteiger partial charge is 0.469 e. The van der Waals surface area contributed by atoms with Crippen molar-refractivity contribution in [2.45, 2.75) is 52.4 Å². The van der Waals surface area contributed by atoms with E-state index >= 15 is 0 Å². The summed E-state index contributed by atoms with van der Waals surface area (Å²) in [7, 11) is -1.78. The monoisotopic (exact) mass is 506 g/mol. The number of methoxy groups -OCH3 is 1. The van der Waals surface area contributed by atoms with E-state index in [1.807, 2.05) is 62.4 Å². The van der Waals surface area contributed by atoms with Gasteiger partial charge in [0.1, 0.15) is 0 Å². The second-order valence-electron chi connectivity index (χ2n) is 9.65. The number of rotatable bonds is 12. The predicted molar refractivity (Wildman–Crippen MR) is 148 cm³/mol. The van der Waals surface area contributed by atoms with Gasteiger partial charge in [-0.3, -0.25) is 9.36 Å². The summed E-state index contributed by atoms with van der Waals surface area (Å²) in [6.07, 6.45) is 2.54. The first-order chi connectivity index (χ1) is 17.3. The normalized spacial score (nSPS) is 16.4. The van der Waals surface area contributed by atoms with Crippen molar-refractivity contribution in [2.24, 2.45) is 11.8 Å². The minimum atomic E-state index is -3.22. The highest BCUT2D eigenvalue weighted by Gasteiger charge is 2.39. The summed E-state index contributed by atoms with van der Waals surface area (Å²) in [5.41, 5.74) is 1.88. The molecule has 3 aromatic carbocycles. The maximum atomic E-state index is 14.1. The summed E-state index contributed by atoms with van der Waals surface area (Å²) in [6.45, 7) is 8.61. The van der Waals surface area contributed by atoms with Gasteiger partial charge in [0.05, 0.1) is 19.6 Å². The van der Waals surface area contributed by atoms with E-state index < -0.39 is 12.8 Å². The Morgan fingerprint density at radius 2 is 1.33 bits per heavy atom. The van der Waals surface area contributed by atoms with Crippen LogP contribution in [0, 0.1) is 11.8 Å². The molecule has 0 aliphatic heterocycles. The summed E-state index contributed by atoms with van der Waals surface area (Å²) in [6, 6.07) is 27.8. The Balaban J connectivity index is 2.16. The van der Waals surface area contributed by atoms with Crippen molar-refractivity contribution in [1.82, 2.24) is 0 Å². The molecule has 3 rings (SSSR count).